The molecule has 2 nitrogen and oxygen atoms in total. The molecule has 0 aromatic heterocycles. The number of thiol groups is 1. The van der Waals surface area contributed by atoms with Crippen LogP contribution >= 0.6 is 12.6 Å². The summed E-state index contributed by atoms with van der Waals surface area (Å²) in [6.45, 7) is 14.5. The van der Waals surface area contributed by atoms with Crippen LogP contribution in [0.5, 0.6) is 0 Å². The van der Waals surface area contributed by atoms with Gasteiger partial charge in [0.05, 0.1) is 11.2 Å². The SMILES string of the molecule is CCC1CCC(CC2(CCCC(C)C)c3cc(S)ccc3-c3ccc([B]OC(C)(C)C(C)(C)O)cc32)C1. The van der Waals surface area contributed by atoms with E-state index in [2.05, 4.69) is 57.2 Å². The van der Waals surface area contributed by atoms with Crippen molar-refractivity contribution in [3.63, 3.8) is 0 Å². The van der Waals surface area contributed by atoms with Crippen molar-refractivity contribution in [1.29, 1.82) is 0 Å². The zero-order chi connectivity index (χ0) is 27.0. The van der Waals surface area contributed by atoms with Crippen molar-refractivity contribution < 1.29 is 9.76 Å². The van der Waals surface area contributed by atoms with Gasteiger partial charge in [-0.15, -0.1) is 12.6 Å². The predicted molar refractivity (Wildman–Crippen MR) is 161 cm³/mol. The van der Waals surface area contributed by atoms with Crippen LogP contribution in [-0.4, -0.2) is 23.8 Å². The summed E-state index contributed by atoms with van der Waals surface area (Å²) in [5.74, 6) is 2.36. The van der Waals surface area contributed by atoms with E-state index in [1.54, 1.807) is 13.8 Å². The average Bonchev–Trinajstić information content (AvgIpc) is 3.38. The maximum Gasteiger partial charge on any atom is 0.330 e. The van der Waals surface area contributed by atoms with Crippen LogP contribution in [0.3, 0.4) is 0 Å². The van der Waals surface area contributed by atoms with Crippen LogP contribution < -0.4 is 5.46 Å². The normalized spacial score (nSPS) is 23.4. The second kappa shape index (κ2) is 11.1. The van der Waals surface area contributed by atoms with E-state index in [1.807, 2.05) is 21.3 Å². The average molecular weight is 520 g/mol. The van der Waals surface area contributed by atoms with Crippen molar-refractivity contribution in [1.82, 2.24) is 0 Å². The van der Waals surface area contributed by atoms with Gasteiger partial charge in [-0.25, -0.2) is 0 Å². The summed E-state index contributed by atoms with van der Waals surface area (Å²) in [6.07, 6.45) is 10.3. The minimum absolute atomic E-state index is 0.0151. The van der Waals surface area contributed by atoms with Crippen LogP contribution in [-0.2, 0) is 10.1 Å². The highest BCUT2D eigenvalue weighted by atomic mass is 32.1. The molecule has 4 rings (SSSR count). The first-order valence-electron chi connectivity index (χ1n) is 14.6. The number of fused-ring (bicyclic) bond motifs is 3. The molecule has 1 saturated carbocycles. The fourth-order valence-corrected chi connectivity index (χ4v) is 6.77. The zero-order valence-corrected chi connectivity index (χ0v) is 25.1. The molecular formula is C33H48BO2S. The highest BCUT2D eigenvalue weighted by molar-refractivity contribution is 7.80. The highest BCUT2D eigenvalue weighted by Crippen LogP contribution is 2.56. The van der Waals surface area contributed by atoms with Crippen molar-refractivity contribution in [2.45, 2.75) is 121 Å². The molecule has 37 heavy (non-hydrogen) atoms. The second-order valence-electron chi connectivity index (χ2n) is 13.4. The van der Waals surface area contributed by atoms with Gasteiger partial charge in [0.25, 0.3) is 0 Å². The first-order valence-corrected chi connectivity index (χ1v) is 15.0. The van der Waals surface area contributed by atoms with Gasteiger partial charge in [-0.3, -0.25) is 0 Å². The molecule has 1 radical (unpaired) electrons. The molecule has 2 aliphatic carbocycles. The Morgan fingerprint density at radius 1 is 1.03 bits per heavy atom. The lowest BCUT2D eigenvalue weighted by molar-refractivity contribution is -0.0893. The third-order valence-corrected chi connectivity index (χ3v) is 9.86. The largest absolute Gasteiger partial charge is 0.427 e. The van der Waals surface area contributed by atoms with Crippen LogP contribution in [0.1, 0.15) is 111 Å². The number of hydrogen-bond acceptors (Lipinski definition) is 3. The minimum atomic E-state index is -0.946. The van der Waals surface area contributed by atoms with Gasteiger partial charge in [0.1, 0.15) is 0 Å². The van der Waals surface area contributed by atoms with Crippen LogP contribution in [0.2, 0.25) is 0 Å². The number of benzene rings is 2. The molecule has 2 aliphatic rings. The van der Waals surface area contributed by atoms with Crippen LogP contribution in [0, 0.1) is 17.8 Å². The molecule has 0 heterocycles. The maximum atomic E-state index is 10.6. The number of hydrogen-bond donors (Lipinski definition) is 2. The molecular weight excluding hydrogens is 471 g/mol. The standard InChI is InChI=1S/C33H48BO2S/c1-8-23-11-12-24(18-23)21-33(17-9-10-22(2)3)29-19-25(34-36-32(6,7)31(4,5)35)13-15-27(29)28-16-14-26(37)20-30(28)33/h13-16,19-20,22-24,35,37H,8-12,17-18,21H2,1-7H3. The molecule has 2 aromatic rings. The molecule has 4 heteroatoms. The molecule has 3 unspecified atom stereocenters. The molecule has 1 fully saturated rings. The van der Waals surface area contributed by atoms with Crippen molar-refractivity contribution in [2.24, 2.45) is 17.8 Å². The van der Waals surface area contributed by atoms with E-state index in [1.165, 1.54) is 73.6 Å². The third-order valence-electron chi connectivity index (χ3n) is 9.58. The Labute approximate surface area is 232 Å². The quantitative estimate of drug-likeness (QED) is 0.232. The lowest BCUT2D eigenvalue weighted by Gasteiger charge is -2.38. The maximum absolute atomic E-state index is 10.6. The van der Waals surface area contributed by atoms with Crippen molar-refractivity contribution in [3.05, 3.63) is 47.5 Å². The third kappa shape index (κ3) is 6.02. The van der Waals surface area contributed by atoms with Gasteiger partial charge in [-0.05, 0) is 99.1 Å². The summed E-state index contributed by atoms with van der Waals surface area (Å²) in [5.41, 5.74) is 5.14. The Kier molecular flexibility index (Phi) is 8.63. The first kappa shape index (κ1) is 28.8. The van der Waals surface area contributed by atoms with Crippen LogP contribution in [0.4, 0.5) is 0 Å². The smallest absolute Gasteiger partial charge is 0.330 e. The number of rotatable bonds is 11. The summed E-state index contributed by atoms with van der Waals surface area (Å²) in [6, 6.07) is 13.7. The first-order chi connectivity index (χ1) is 17.4. The van der Waals surface area contributed by atoms with E-state index >= 15 is 0 Å². The Morgan fingerprint density at radius 2 is 1.68 bits per heavy atom. The van der Waals surface area contributed by atoms with Crippen LogP contribution in [0.15, 0.2) is 41.3 Å². The van der Waals surface area contributed by atoms with Gasteiger partial charge in [0.15, 0.2) is 0 Å². The van der Waals surface area contributed by atoms with Gasteiger partial charge in [0.2, 0.25) is 0 Å². The van der Waals surface area contributed by atoms with Crippen molar-refractivity contribution in [2.75, 3.05) is 0 Å². The van der Waals surface area contributed by atoms with Crippen molar-refractivity contribution >= 4 is 25.6 Å². The van der Waals surface area contributed by atoms with E-state index < -0.39 is 11.2 Å². The number of aliphatic hydroxyl groups is 1. The van der Waals surface area contributed by atoms with E-state index in [9.17, 15) is 5.11 Å². The predicted octanol–water partition coefficient (Wildman–Crippen LogP) is 8.10. The fourth-order valence-electron chi connectivity index (χ4n) is 6.56. The van der Waals surface area contributed by atoms with E-state index in [0.29, 0.717) is 5.92 Å². The van der Waals surface area contributed by atoms with Gasteiger partial charge in [0, 0.05) is 10.3 Å². The Balaban J connectivity index is 1.76. The summed E-state index contributed by atoms with van der Waals surface area (Å²) in [4.78, 5) is 1.06. The molecule has 3 atom stereocenters. The monoisotopic (exact) mass is 519 g/mol. The molecule has 0 saturated heterocycles. The van der Waals surface area contributed by atoms with Crippen molar-refractivity contribution in [3.8, 4) is 11.1 Å². The summed E-state index contributed by atoms with van der Waals surface area (Å²) >= 11 is 4.80. The fraction of sp³-hybridized carbons (Fsp3) is 0.636. The molecule has 201 valence electrons. The molecule has 0 bridgehead atoms. The van der Waals surface area contributed by atoms with Gasteiger partial charge >= 0.3 is 7.48 Å². The van der Waals surface area contributed by atoms with E-state index in [0.717, 1.165) is 22.2 Å². The Hall–Kier alpha value is -1.23. The summed E-state index contributed by atoms with van der Waals surface area (Å²) < 4.78 is 6.19. The van der Waals surface area contributed by atoms with Gasteiger partial charge < -0.3 is 9.76 Å². The van der Waals surface area contributed by atoms with E-state index in [4.69, 9.17) is 17.3 Å². The molecule has 1 N–H and O–H groups in total. The Bertz CT molecular complexity index is 1090. The Morgan fingerprint density at radius 3 is 2.30 bits per heavy atom. The topological polar surface area (TPSA) is 29.5 Å². The summed E-state index contributed by atoms with van der Waals surface area (Å²) in [5, 5.41) is 10.6. The van der Waals surface area contributed by atoms with E-state index in [-0.39, 0.29) is 5.41 Å². The lowest BCUT2D eigenvalue weighted by Crippen LogP contribution is -2.49. The molecule has 0 aliphatic heterocycles. The van der Waals surface area contributed by atoms with Gasteiger partial charge in [-0.1, -0.05) is 82.6 Å². The highest BCUT2D eigenvalue weighted by Gasteiger charge is 2.45. The second-order valence-corrected chi connectivity index (χ2v) is 13.9. The summed E-state index contributed by atoms with van der Waals surface area (Å²) in [7, 11) is 1.85. The van der Waals surface area contributed by atoms with Crippen LogP contribution in [0.25, 0.3) is 11.1 Å². The molecule has 0 amide bonds. The zero-order valence-electron chi connectivity index (χ0n) is 24.2. The van der Waals surface area contributed by atoms with Gasteiger partial charge in [-0.2, -0.15) is 0 Å². The molecule has 2 aromatic carbocycles. The molecule has 0 spiro atoms. The lowest BCUT2D eigenvalue weighted by atomic mass is 9.67. The minimum Gasteiger partial charge on any atom is -0.427 e.